The fourth-order valence-electron chi connectivity index (χ4n) is 2.70. The highest BCUT2D eigenvalue weighted by atomic mass is 16.4. The third-order valence-electron chi connectivity index (χ3n) is 3.72. The van der Waals surface area contributed by atoms with E-state index in [-0.39, 0.29) is 12.3 Å². The summed E-state index contributed by atoms with van der Waals surface area (Å²) in [7, 11) is 0. The van der Waals surface area contributed by atoms with Crippen molar-refractivity contribution in [2.75, 3.05) is 6.54 Å². The number of carbonyl (C=O) groups is 2. The van der Waals surface area contributed by atoms with Crippen molar-refractivity contribution in [1.29, 1.82) is 0 Å². The quantitative estimate of drug-likeness (QED) is 0.904. The van der Waals surface area contributed by atoms with Crippen LogP contribution < -0.4 is 0 Å². The average Bonchev–Trinajstić information content (AvgIpc) is 2.36. The summed E-state index contributed by atoms with van der Waals surface area (Å²) < 4.78 is 0. The molecule has 1 amide bonds. The number of hydrogen-bond acceptors (Lipinski definition) is 2. The minimum Gasteiger partial charge on any atom is -0.481 e. The molecule has 1 saturated heterocycles. The number of aliphatic carboxylic acids is 1. The Morgan fingerprint density at radius 2 is 2.05 bits per heavy atom. The average molecular weight is 261 g/mol. The molecule has 1 unspecified atom stereocenters. The number of hydrogen-bond donors (Lipinski definition) is 1. The van der Waals surface area contributed by atoms with E-state index in [1.165, 1.54) is 0 Å². The first-order chi connectivity index (χ1) is 9.01. The molecule has 4 nitrogen and oxygen atoms in total. The lowest BCUT2D eigenvalue weighted by molar-refractivity contribution is -0.153. The van der Waals surface area contributed by atoms with Gasteiger partial charge in [-0.05, 0) is 18.4 Å². The number of amides is 1. The van der Waals surface area contributed by atoms with E-state index in [2.05, 4.69) is 0 Å². The Labute approximate surface area is 113 Å². The van der Waals surface area contributed by atoms with Gasteiger partial charge in [0.2, 0.25) is 5.91 Å². The van der Waals surface area contributed by atoms with Crippen LogP contribution in [0.3, 0.4) is 0 Å². The zero-order valence-electron chi connectivity index (χ0n) is 11.1. The number of rotatable bonds is 4. The van der Waals surface area contributed by atoms with E-state index in [0.717, 1.165) is 12.0 Å². The maximum Gasteiger partial charge on any atom is 0.304 e. The maximum absolute atomic E-state index is 12.4. The Hall–Kier alpha value is -1.84. The van der Waals surface area contributed by atoms with E-state index >= 15 is 0 Å². The van der Waals surface area contributed by atoms with Gasteiger partial charge in [-0.1, -0.05) is 37.3 Å². The van der Waals surface area contributed by atoms with Crippen LogP contribution >= 0.6 is 0 Å². The smallest absolute Gasteiger partial charge is 0.304 e. The second-order valence-electron chi connectivity index (χ2n) is 5.45. The van der Waals surface area contributed by atoms with Gasteiger partial charge in [-0.15, -0.1) is 0 Å². The number of likely N-dealkylation sites (tertiary alicyclic amines) is 1. The van der Waals surface area contributed by atoms with Gasteiger partial charge in [-0.3, -0.25) is 9.59 Å². The standard InChI is InChI=1S/C15H19NO3/c1-15(10-13(17)18)8-5-9-16(14(15)19)11-12-6-3-2-4-7-12/h2-4,6-7H,5,8-11H2,1H3,(H,17,18). The Morgan fingerprint density at radius 1 is 1.37 bits per heavy atom. The molecule has 0 saturated carbocycles. The van der Waals surface area contributed by atoms with Gasteiger partial charge in [0.15, 0.2) is 0 Å². The Bertz CT molecular complexity index is 472. The van der Waals surface area contributed by atoms with Crippen molar-refractivity contribution < 1.29 is 14.7 Å². The van der Waals surface area contributed by atoms with Crippen LogP contribution in [-0.4, -0.2) is 28.4 Å². The van der Waals surface area contributed by atoms with Gasteiger partial charge in [0.05, 0.1) is 11.8 Å². The van der Waals surface area contributed by atoms with E-state index in [4.69, 9.17) is 5.11 Å². The lowest BCUT2D eigenvalue weighted by Gasteiger charge is -2.38. The normalized spacial score (nSPS) is 23.4. The Kier molecular flexibility index (Phi) is 3.88. The largest absolute Gasteiger partial charge is 0.481 e. The number of carboxylic acid groups (broad SMARTS) is 1. The maximum atomic E-state index is 12.4. The van der Waals surface area contributed by atoms with E-state index < -0.39 is 11.4 Å². The summed E-state index contributed by atoms with van der Waals surface area (Å²) >= 11 is 0. The summed E-state index contributed by atoms with van der Waals surface area (Å²) in [6.45, 7) is 3.04. The topological polar surface area (TPSA) is 57.6 Å². The molecule has 1 aliphatic rings. The lowest BCUT2D eigenvalue weighted by Crippen LogP contribution is -2.47. The highest BCUT2D eigenvalue weighted by Gasteiger charge is 2.41. The molecule has 102 valence electrons. The molecular formula is C15H19NO3. The minimum atomic E-state index is -0.905. The summed E-state index contributed by atoms with van der Waals surface area (Å²) in [5.41, 5.74) is 0.328. The predicted octanol–water partition coefficient (Wildman–Crippen LogP) is 2.29. The van der Waals surface area contributed by atoms with Gasteiger partial charge in [-0.2, -0.15) is 0 Å². The van der Waals surface area contributed by atoms with Crippen molar-refractivity contribution in [2.45, 2.75) is 32.7 Å². The predicted molar refractivity (Wildman–Crippen MR) is 71.5 cm³/mol. The van der Waals surface area contributed by atoms with Gasteiger partial charge < -0.3 is 10.0 Å². The molecule has 1 aromatic rings. The van der Waals surface area contributed by atoms with Crippen LogP contribution in [0.25, 0.3) is 0 Å². The van der Waals surface area contributed by atoms with Crippen LogP contribution in [0, 0.1) is 5.41 Å². The van der Waals surface area contributed by atoms with Gasteiger partial charge in [0.25, 0.3) is 0 Å². The van der Waals surface area contributed by atoms with Gasteiger partial charge in [0.1, 0.15) is 0 Å². The highest BCUT2D eigenvalue weighted by molar-refractivity contribution is 5.87. The monoisotopic (exact) mass is 261 g/mol. The molecule has 1 heterocycles. The van der Waals surface area contributed by atoms with Crippen molar-refractivity contribution in [2.24, 2.45) is 5.41 Å². The highest BCUT2D eigenvalue weighted by Crippen LogP contribution is 2.34. The Balaban J connectivity index is 2.10. The molecule has 4 heteroatoms. The summed E-state index contributed by atoms with van der Waals surface area (Å²) in [4.78, 5) is 25.1. The van der Waals surface area contributed by atoms with Crippen molar-refractivity contribution >= 4 is 11.9 Å². The third-order valence-corrected chi connectivity index (χ3v) is 3.72. The van der Waals surface area contributed by atoms with Crippen LogP contribution in [0.15, 0.2) is 30.3 Å². The zero-order valence-corrected chi connectivity index (χ0v) is 11.1. The van der Waals surface area contributed by atoms with Gasteiger partial charge in [-0.25, -0.2) is 0 Å². The van der Waals surface area contributed by atoms with Crippen LogP contribution in [0.4, 0.5) is 0 Å². The second-order valence-corrected chi connectivity index (χ2v) is 5.45. The van der Waals surface area contributed by atoms with Crippen LogP contribution in [0.1, 0.15) is 31.7 Å². The Morgan fingerprint density at radius 3 is 2.68 bits per heavy atom. The summed E-state index contributed by atoms with van der Waals surface area (Å²) in [5.74, 6) is -0.942. The molecule has 0 radical (unpaired) electrons. The fourth-order valence-corrected chi connectivity index (χ4v) is 2.70. The third kappa shape index (κ3) is 3.13. The molecule has 19 heavy (non-hydrogen) atoms. The van der Waals surface area contributed by atoms with E-state index in [1.54, 1.807) is 11.8 Å². The number of piperidine rings is 1. The molecule has 0 aromatic heterocycles. The first kappa shape index (κ1) is 13.6. The number of carbonyl (C=O) groups excluding carboxylic acids is 1. The molecule has 1 N–H and O–H groups in total. The van der Waals surface area contributed by atoms with Crippen molar-refractivity contribution in [3.05, 3.63) is 35.9 Å². The van der Waals surface area contributed by atoms with Crippen LogP contribution in [0.5, 0.6) is 0 Å². The summed E-state index contributed by atoms with van der Waals surface area (Å²) in [5, 5.41) is 8.95. The molecule has 1 fully saturated rings. The number of benzene rings is 1. The van der Waals surface area contributed by atoms with Gasteiger partial charge >= 0.3 is 5.97 Å². The van der Waals surface area contributed by atoms with Crippen molar-refractivity contribution in [3.8, 4) is 0 Å². The van der Waals surface area contributed by atoms with Gasteiger partial charge in [0, 0.05) is 13.1 Å². The summed E-state index contributed by atoms with van der Waals surface area (Å²) in [6, 6.07) is 9.79. The molecule has 1 aromatic carbocycles. The van der Waals surface area contributed by atoms with Crippen molar-refractivity contribution in [1.82, 2.24) is 4.90 Å². The van der Waals surface area contributed by atoms with E-state index in [9.17, 15) is 9.59 Å². The fraction of sp³-hybridized carbons (Fsp3) is 0.467. The molecule has 0 spiro atoms. The minimum absolute atomic E-state index is 0.0370. The second kappa shape index (κ2) is 5.43. The number of carboxylic acids is 1. The van der Waals surface area contributed by atoms with Crippen molar-refractivity contribution in [3.63, 3.8) is 0 Å². The van der Waals surface area contributed by atoms with E-state index in [0.29, 0.717) is 19.5 Å². The lowest BCUT2D eigenvalue weighted by atomic mass is 9.78. The SMILES string of the molecule is CC1(CC(=O)O)CCCN(Cc2ccccc2)C1=O. The first-order valence-electron chi connectivity index (χ1n) is 6.56. The van der Waals surface area contributed by atoms with E-state index in [1.807, 2.05) is 30.3 Å². The molecule has 0 bridgehead atoms. The molecule has 2 rings (SSSR count). The first-order valence-corrected chi connectivity index (χ1v) is 6.56. The molecule has 0 aliphatic carbocycles. The van der Waals surface area contributed by atoms with Crippen LogP contribution in [-0.2, 0) is 16.1 Å². The zero-order chi connectivity index (χ0) is 13.9. The molecular weight excluding hydrogens is 242 g/mol. The molecule has 1 aliphatic heterocycles. The number of nitrogens with zero attached hydrogens (tertiary/aromatic N) is 1. The molecule has 1 atom stereocenters. The van der Waals surface area contributed by atoms with Crippen LogP contribution in [0.2, 0.25) is 0 Å². The summed E-state index contributed by atoms with van der Waals surface area (Å²) in [6.07, 6.45) is 1.43.